The van der Waals surface area contributed by atoms with Crippen molar-refractivity contribution in [2.45, 2.75) is 31.6 Å². The van der Waals surface area contributed by atoms with E-state index in [2.05, 4.69) is 9.97 Å². The first-order valence-electron chi connectivity index (χ1n) is 15.0. The van der Waals surface area contributed by atoms with Gasteiger partial charge in [0.15, 0.2) is 11.2 Å². The van der Waals surface area contributed by atoms with Crippen molar-refractivity contribution >= 4 is 33.6 Å². The van der Waals surface area contributed by atoms with Gasteiger partial charge in [-0.3, -0.25) is 10.1 Å². The maximum absolute atomic E-state index is 13.8. The van der Waals surface area contributed by atoms with Crippen LogP contribution in [0.1, 0.15) is 29.5 Å². The molecule has 3 heterocycles. The molecule has 260 valence electrons. The molecule has 0 radical (unpaired) electrons. The third kappa shape index (κ3) is 7.24. The van der Waals surface area contributed by atoms with Gasteiger partial charge in [-0.2, -0.15) is 30.7 Å². The predicted octanol–water partition coefficient (Wildman–Crippen LogP) is 9.63. The number of hydrogen-bond acceptors (Lipinski definition) is 8. The standard InChI is InChI=1S/C20H19F3N2O2.C14H6F4N2O3/c21-20(22,23)15-10-13(19-25-17-3-1-2-4-18(17)27-19)11-16(24)14(15)9-12-5-7-26-8-6-12;15-12-8(14(16,17)18)5-7(6-10(12)20(21)22)13-19-9-3-1-2-4-11(9)23-13/h1-4,10-12H,5-9,24H2;1-6H. The number of hydrogen-bond donors (Lipinski definition) is 1. The molecule has 1 aliphatic heterocycles. The van der Waals surface area contributed by atoms with Crippen molar-refractivity contribution in [2.24, 2.45) is 5.92 Å². The smallest absolute Gasteiger partial charge is 0.419 e. The molecule has 1 fully saturated rings. The molecule has 0 aliphatic carbocycles. The number of aromatic nitrogens is 2. The Kier molecular flexibility index (Phi) is 9.22. The summed E-state index contributed by atoms with van der Waals surface area (Å²) >= 11 is 0. The average molecular weight is 703 g/mol. The fourth-order valence-corrected chi connectivity index (χ4v) is 5.60. The van der Waals surface area contributed by atoms with Crippen LogP contribution < -0.4 is 5.73 Å². The maximum atomic E-state index is 13.8. The lowest BCUT2D eigenvalue weighted by Gasteiger charge is -2.24. The highest BCUT2D eigenvalue weighted by Crippen LogP contribution is 2.41. The first kappa shape index (κ1) is 34.4. The van der Waals surface area contributed by atoms with Gasteiger partial charge < -0.3 is 19.3 Å². The number of fused-ring (bicyclic) bond motifs is 2. The highest BCUT2D eigenvalue weighted by molar-refractivity contribution is 5.78. The zero-order valence-corrected chi connectivity index (χ0v) is 25.6. The van der Waals surface area contributed by atoms with Gasteiger partial charge in [0.2, 0.25) is 17.6 Å². The molecule has 1 aliphatic rings. The van der Waals surface area contributed by atoms with E-state index in [1.807, 2.05) is 0 Å². The molecule has 0 atom stereocenters. The van der Waals surface area contributed by atoms with E-state index in [-0.39, 0.29) is 46.5 Å². The van der Waals surface area contributed by atoms with Crippen LogP contribution in [0.15, 0.2) is 81.6 Å². The Hall–Kier alpha value is -5.51. The Balaban J connectivity index is 0.000000175. The van der Waals surface area contributed by atoms with Crippen LogP contribution >= 0.6 is 0 Å². The predicted molar refractivity (Wildman–Crippen MR) is 167 cm³/mol. The minimum absolute atomic E-state index is 0.119. The third-order valence-corrected chi connectivity index (χ3v) is 8.06. The first-order valence-corrected chi connectivity index (χ1v) is 15.0. The van der Waals surface area contributed by atoms with Gasteiger partial charge in [0.25, 0.3) is 0 Å². The summed E-state index contributed by atoms with van der Waals surface area (Å²) in [7, 11) is 0. The first-order chi connectivity index (χ1) is 23.7. The molecule has 7 rings (SSSR count). The highest BCUT2D eigenvalue weighted by atomic mass is 19.4. The zero-order chi connectivity index (χ0) is 35.8. The summed E-state index contributed by atoms with van der Waals surface area (Å²) in [6.07, 6.45) is -7.82. The molecule has 0 saturated carbocycles. The summed E-state index contributed by atoms with van der Waals surface area (Å²) in [5.74, 6) is -1.94. The molecule has 0 unspecified atom stereocenters. The van der Waals surface area contributed by atoms with E-state index in [1.54, 1.807) is 42.5 Å². The van der Waals surface area contributed by atoms with Crippen LogP contribution in [0.3, 0.4) is 0 Å². The van der Waals surface area contributed by atoms with Crippen molar-refractivity contribution in [1.82, 2.24) is 9.97 Å². The largest absolute Gasteiger partial charge is 0.436 e. The van der Waals surface area contributed by atoms with Crippen molar-refractivity contribution in [3.05, 3.63) is 105 Å². The normalized spacial score (nSPS) is 14.1. The van der Waals surface area contributed by atoms with Crippen molar-refractivity contribution in [2.75, 3.05) is 18.9 Å². The van der Waals surface area contributed by atoms with Gasteiger partial charge in [0, 0.05) is 36.1 Å². The SMILES string of the molecule is Nc1cc(-c2nc3ccccc3o2)cc(C(F)(F)F)c1CC1CCOCC1.O=[N+]([O-])c1cc(-c2nc3ccccc3o2)cc(C(F)(F)F)c1F. The van der Waals surface area contributed by atoms with Gasteiger partial charge in [-0.1, -0.05) is 24.3 Å². The van der Waals surface area contributed by atoms with Crippen molar-refractivity contribution in [3.63, 3.8) is 0 Å². The second kappa shape index (κ2) is 13.4. The van der Waals surface area contributed by atoms with Gasteiger partial charge in [0.05, 0.1) is 16.1 Å². The number of ether oxygens (including phenoxy) is 1. The molecule has 50 heavy (non-hydrogen) atoms. The number of para-hydroxylation sites is 4. The van der Waals surface area contributed by atoms with E-state index in [1.165, 1.54) is 12.1 Å². The second-order valence-electron chi connectivity index (χ2n) is 11.4. The summed E-state index contributed by atoms with van der Waals surface area (Å²) in [6, 6.07) is 17.1. The Bertz CT molecular complexity index is 2120. The van der Waals surface area contributed by atoms with E-state index < -0.39 is 39.9 Å². The number of halogens is 7. The topological polar surface area (TPSA) is 130 Å². The number of nitrogens with two attached hydrogens (primary N) is 1. The van der Waals surface area contributed by atoms with E-state index in [9.17, 15) is 40.8 Å². The lowest BCUT2D eigenvalue weighted by molar-refractivity contribution is -0.387. The number of nitrogens with zero attached hydrogens (tertiary/aromatic N) is 3. The van der Waals surface area contributed by atoms with E-state index in [0.29, 0.717) is 47.5 Å². The number of nitro benzene ring substituents is 1. The van der Waals surface area contributed by atoms with Crippen LogP contribution in [0.2, 0.25) is 0 Å². The van der Waals surface area contributed by atoms with Gasteiger partial charge in [-0.05, 0) is 73.2 Å². The van der Waals surface area contributed by atoms with Crippen LogP contribution in [0.5, 0.6) is 0 Å². The molecule has 0 spiro atoms. The molecular weight excluding hydrogens is 677 g/mol. The number of oxazole rings is 2. The quantitative estimate of drug-likeness (QED) is 0.0814. The number of anilines is 1. The van der Waals surface area contributed by atoms with Crippen LogP contribution in [0.4, 0.5) is 42.1 Å². The fourth-order valence-electron chi connectivity index (χ4n) is 5.60. The van der Waals surface area contributed by atoms with Crippen LogP contribution in [-0.4, -0.2) is 28.1 Å². The summed E-state index contributed by atoms with van der Waals surface area (Å²) in [5.41, 5.74) is 4.24. The van der Waals surface area contributed by atoms with Gasteiger partial charge in [-0.15, -0.1) is 0 Å². The zero-order valence-electron chi connectivity index (χ0n) is 25.6. The molecule has 16 heteroatoms. The van der Waals surface area contributed by atoms with Crippen molar-refractivity contribution < 1.29 is 49.2 Å². The Labute approximate surface area is 277 Å². The summed E-state index contributed by atoms with van der Waals surface area (Å²) in [4.78, 5) is 17.8. The molecule has 0 amide bonds. The molecular formula is C34H25F7N4O5. The number of benzene rings is 4. The summed E-state index contributed by atoms with van der Waals surface area (Å²) < 4.78 is 110. The van der Waals surface area contributed by atoms with Crippen molar-refractivity contribution in [3.8, 4) is 22.9 Å². The number of rotatable bonds is 5. The lowest BCUT2D eigenvalue weighted by Crippen LogP contribution is -2.20. The molecule has 1 saturated heterocycles. The molecule has 2 aromatic heterocycles. The van der Waals surface area contributed by atoms with Crippen LogP contribution in [0.25, 0.3) is 45.1 Å². The lowest BCUT2D eigenvalue weighted by atomic mass is 9.88. The van der Waals surface area contributed by atoms with E-state index in [0.717, 1.165) is 18.9 Å². The minimum atomic E-state index is -5.09. The molecule has 4 aromatic carbocycles. The number of alkyl halides is 6. The van der Waals surface area contributed by atoms with Gasteiger partial charge in [0.1, 0.15) is 11.0 Å². The van der Waals surface area contributed by atoms with Gasteiger partial charge in [-0.25, -0.2) is 9.97 Å². The van der Waals surface area contributed by atoms with E-state index in [4.69, 9.17) is 19.3 Å². The van der Waals surface area contributed by atoms with E-state index >= 15 is 0 Å². The highest BCUT2D eigenvalue weighted by Gasteiger charge is 2.39. The Morgan fingerprint density at radius 1 is 0.780 bits per heavy atom. The van der Waals surface area contributed by atoms with Gasteiger partial charge >= 0.3 is 18.0 Å². The third-order valence-electron chi connectivity index (χ3n) is 8.06. The number of nitrogen functional groups attached to an aromatic ring is 1. The summed E-state index contributed by atoms with van der Waals surface area (Å²) in [5, 5.41) is 10.8. The molecule has 6 aromatic rings. The monoisotopic (exact) mass is 702 g/mol. The minimum Gasteiger partial charge on any atom is -0.436 e. The second-order valence-corrected chi connectivity index (χ2v) is 11.4. The fraction of sp³-hybridized carbons (Fsp3) is 0.235. The van der Waals surface area contributed by atoms with Crippen LogP contribution in [0, 0.1) is 21.8 Å². The Morgan fingerprint density at radius 2 is 1.28 bits per heavy atom. The Morgan fingerprint density at radius 3 is 1.78 bits per heavy atom. The maximum Gasteiger partial charge on any atom is 0.419 e. The number of nitro groups is 1. The molecule has 0 bridgehead atoms. The van der Waals surface area contributed by atoms with Crippen LogP contribution in [-0.2, 0) is 23.5 Å². The summed E-state index contributed by atoms with van der Waals surface area (Å²) in [6.45, 7) is 1.15. The molecule has 9 nitrogen and oxygen atoms in total. The molecule has 2 N–H and O–H groups in total. The average Bonchev–Trinajstić information content (AvgIpc) is 3.70. The van der Waals surface area contributed by atoms with Crippen molar-refractivity contribution in [1.29, 1.82) is 0 Å².